The zero-order chi connectivity index (χ0) is 28.0. The molecule has 1 fully saturated rings. The van der Waals surface area contributed by atoms with Crippen molar-refractivity contribution in [3.63, 3.8) is 0 Å². The number of benzene rings is 4. The SMILES string of the molecule is O=C(Nc1cccc([C@H]2O[C@@H](CSc3ccccc3)C[C@@H](c3ccc(CO)cc3)O2)c1)c1cnc2ccccc2n1. The van der Waals surface area contributed by atoms with Gasteiger partial charge in [-0.2, -0.15) is 0 Å². The summed E-state index contributed by atoms with van der Waals surface area (Å²) < 4.78 is 12.9. The highest BCUT2D eigenvalue weighted by atomic mass is 32.2. The molecule has 0 unspecified atom stereocenters. The number of rotatable bonds is 8. The van der Waals surface area contributed by atoms with Crippen molar-refractivity contribution in [1.82, 2.24) is 9.97 Å². The second-order valence-corrected chi connectivity index (χ2v) is 10.9. The van der Waals surface area contributed by atoms with E-state index in [9.17, 15) is 9.90 Å². The largest absolute Gasteiger partial charge is 0.392 e. The van der Waals surface area contributed by atoms with Crippen LogP contribution in [0.2, 0.25) is 0 Å². The third-order valence-corrected chi connectivity index (χ3v) is 8.04. The Hall–Kier alpha value is -4.08. The van der Waals surface area contributed by atoms with Crippen molar-refractivity contribution < 1.29 is 19.4 Å². The fraction of sp³-hybridized carbons (Fsp3) is 0.182. The lowest BCUT2D eigenvalue weighted by atomic mass is 10.0. The molecule has 3 atom stereocenters. The molecule has 1 saturated heterocycles. The van der Waals surface area contributed by atoms with E-state index in [0.717, 1.165) is 28.0 Å². The predicted molar refractivity (Wildman–Crippen MR) is 160 cm³/mol. The van der Waals surface area contributed by atoms with E-state index in [1.165, 1.54) is 11.1 Å². The number of ether oxygens (including phenoxy) is 2. The maximum absolute atomic E-state index is 13.0. The van der Waals surface area contributed by atoms with Crippen LogP contribution in [0.15, 0.2) is 114 Å². The molecular weight excluding hydrogens is 534 g/mol. The van der Waals surface area contributed by atoms with E-state index < -0.39 is 6.29 Å². The predicted octanol–water partition coefficient (Wildman–Crippen LogP) is 6.71. The summed E-state index contributed by atoms with van der Waals surface area (Å²) in [6, 6.07) is 33.1. The number of nitrogens with one attached hydrogen (secondary N) is 1. The second-order valence-electron chi connectivity index (χ2n) is 9.80. The van der Waals surface area contributed by atoms with Crippen molar-refractivity contribution in [3.05, 3.63) is 132 Å². The minimum Gasteiger partial charge on any atom is -0.392 e. The molecule has 1 aliphatic heterocycles. The Kier molecular flexibility index (Phi) is 8.34. The summed E-state index contributed by atoms with van der Waals surface area (Å²) in [4.78, 5) is 23.0. The molecule has 5 aromatic rings. The third kappa shape index (κ3) is 6.64. The first-order valence-electron chi connectivity index (χ1n) is 13.5. The molecule has 0 radical (unpaired) electrons. The number of aliphatic hydroxyl groups excluding tert-OH is 1. The minimum absolute atomic E-state index is 0.00280. The molecular formula is C33H29N3O4S. The molecule has 206 valence electrons. The standard InChI is InChI=1S/C33H29N3O4S/c37-20-22-13-15-23(16-14-22)31-18-26(21-41-27-9-2-1-3-10-27)39-33(40-31)24-7-6-8-25(17-24)35-32(38)30-19-34-28-11-4-5-12-29(28)36-30/h1-17,19,26,31,33,37H,18,20-21H2,(H,35,38)/t26-,31+,33+/m1/s1. The van der Waals surface area contributed by atoms with Crippen LogP contribution in [-0.4, -0.2) is 32.8 Å². The van der Waals surface area contributed by atoms with Crippen LogP contribution < -0.4 is 5.32 Å². The number of aliphatic hydroxyl groups is 1. The van der Waals surface area contributed by atoms with Crippen molar-refractivity contribution in [1.29, 1.82) is 0 Å². The van der Waals surface area contributed by atoms with Gasteiger partial charge in [-0.05, 0) is 47.5 Å². The van der Waals surface area contributed by atoms with Crippen LogP contribution in [0.25, 0.3) is 11.0 Å². The Balaban J connectivity index is 1.21. The first-order chi connectivity index (χ1) is 20.1. The summed E-state index contributed by atoms with van der Waals surface area (Å²) in [6.45, 7) is -0.00280. The van der Waals surface area contributed by atoms with E-state index in [2.05, 4.69) is 27.4 Å². The average molecular weight is 564 g/mol. The first-order valence-corrected chi connectivity index (χ1v) is 14.4. The highest BCUT2D eigenvalue weighted by Crippen LogP contribution is 2.40. The fourth-order valence-corrected chi connectivity index (χ4v) is 5.70. The van der Waals surface area contributed by atoms with Gasteiger partial charge >= 0.3 is 0 Å². The molecule has 4 aromatic carbocycles. The number of amides is 1. The molecule has 1 aliphatic rings. The first kappa shape index (κ1) is 27.1. The van der Waals surface area contributed by atoms with Gasteiger partial charge in [-0.25, -0.2) is 4.98 Å². The van der Waals surface area contributed by atoms with Crippen LogP contribution in [0.3, 0.4) is 0 Å². The highest BCUT2D eigenvalue weighted by molar-refractivity contribution is 7.99. The maximum atomic E-state index is 13.0. The smallest absolute Gasteiger partial charge is 0.275 e. The Bertz CT molecular complexity index is 1630. The number of carbonyl (C=O) groups is 1. The van der Waals surface area contributed by atoms with Crippen LogP contribution in [0, 0.1) is 0 Å². The topological polar surface area (TPSA) is 93.6 Å². The lowest BCUT2D eigenvalue weighted by Gasteiger charge is -2.36. The molecule has 0 spiro atoms. The number of fused-ring (bicyclic) bond motifs is 1. The van der Waals surface area contributed by atoms with Crippen molar-refractivity contribution in [2.75, 3.05) is 11.1 Å². The molecule has 41 heavy (non-hydrogen) atoms. The molecule has 8 heteroatoms. The van der Waals surface area contributed by atoms with Crippen molar-refractivity contribution in [2.24, 2.45) is 0 Å². The number of thioether (sulfide) groups is 1. The van der Waals surface area contributed by atoms with Gasteiger partial charge in [-0.1, -0.05) is 66.7 Å². The third-order valence-electron chi connectivity index (χ3n) is 6.89. The van der Waals surface area contributed by atoms with Gasteiger partial charge < -0.3 is 19.9 Å². The summed E-state index contributed by atoms with van der Waals surface area (Å²) in [5, 5.41) is 12.4. The van der Waals surface area contributed by atoms with Crippen LogP contribution >= 0.6 is 11.8 Å². The fourth-order valence-electron chi connectivity index (χ4n) is 4.75. The lowest BCUT2D eigenvalue weighted by Crippen LogP contribution is -2.31. The molecule has 2 heterocycles. The molecule has 1 amide bonds. The summed E-state index contributed by atoms with van der Waals surface area (Å²) in [6.07, 6.45) is 1.31. The van der Waals surface area contributed by atoms with E-state index >= 15 is 0 Å². The van der Waals surface area contributed by atoms with E-state index in [1.54, 1.807) is 11.8 Å². The summed E-state index contributed by atoms with van der Waals surface area (Å²) in [5.74, 6) is 0.427. The zero-order valence-corrected chi connectivity index (χ0v) is 23.0. The minimum atomic E-state index is -0.620. The van der Waals surface area contributed by atoms with Gasteiger partial charge in [0.2, 0.25) is 0 Å². The molecule has 6 rings (SSSR count). The Morgan fingerprint density at radius 1 is 0.878 bits per heavy atom. The number of hydrogen-bond donors (Lipinski definition) is 2. The molecule has 1 aromatic heterocycles. The van der Waals surface area contributed by atoms with Crippen LogP contribution in [0.1, 0.15) is 46.0 Å². The number of anilines is 1. The molecule has 7 nitrogen and oxygen atoms in total. The van der Waals surface area contributed by atoms with Crippen LogP contribution in [0.5, 0.6) is 0 Å². The van der Waals surface area contributed by atoms with Crippen molar-refractivity contribution in [3.8, 4) is 0 Å². The number of nitrogens with zero attached hydrogens (tertiary/aromatic N) is 2. The van der Waals surface area contributed by atoms with E-state index in [-0.39, 0.29) is 30.4 Å². The van der Waals surface area contributed by atoms with E-state index in [1.807, 2.05) is 91.0 Å². The van der Waals surface area contributed by atoms with Gasteiger partial charge in [0, 0.05) is 28.3 Å². The van der Waals surface area contributed by atoms with Crippen molar-refractivity contribution in [2.45, 2.75) is 36.4 Å². The monoisotopic (exact) mass is 563 g/mol. The summed E-state index contributed by atoms with van der Waals surface area (Å²) in [7, 11) is 0. The second kappa shape index (κ2) is 12.6. The Morgan fingerprint density at radius 2 is 1.66 bits per heavy atom. The number of aromatic nitrogens is 2. The molecule has 0 saturated carbocycles. The highest BCUT2D eigenvalue weighted by Gasteiger charge is 2.32. The number of carbonyl (C=O) groups excluding carboxylic acids is 1. The molecule has 0 bridgehead atoms. The lowest BCUT2D eigenvalue weighted by molar-refractivity contribution is -0.245. The van der Waals surface area contributed by atoms with Crippen LogP contribution in [-0.2, 0) is 16.1 Å². The van der Waals surface area contributed by atoms with Gasteiger partial charge in [0.25, 0.3) is 5.91 Å². The zero-order valence-electron chi connectivity index (χ0n) is 22.2. The van der Waals surface area contributed by atoms with Crippen molar-refractivity contribution >= 4 is 34.4 Å². The van der Waals surface area contributed by atoms with Gasteiger partial charge in [0.15, 0.2) is 6.29 Å². The average Bonchev–Trinajstić information content (AvgIpc) is 3.04. The Labute approximate surface area is 242 Å². The van der Waals surface area contributed by atoms with Gasteiger partial charge in [-0.15, -0.1) is 11.8 Å². The van der Waals surface area contributed by atoms with Gasteiger partial charge in [0.05, 0.1) is 36.0 Å². The maximum Gasteiger partial charge on any atom is 0.275 e. The molecule has 2 N–H and O–H groups in total. The van der Waals surface area contributed by atoms with Gasteiger partial charge in [-0.3, -0.25) is 9.78 Å². The van der Waals surface area contributed by atoms with E-state index in [0.29, 0.717) is 17.6 Å². The quantitative estimate of drug-likeness (QED) is 0.203. The molecule has 0 aliphatic carbocycles. The normalized spacial score (nSPS) is 18.7. The number of para-hydroxylation sites is 2. The summed E-state index contributed by atoms with van der Waals surface area (Å²) in [5.41, 5.74) is 4.94. The Morgan fingerprint density at radius 3 is 2.46 bits per heavy atom. The van der Waals surface area contributed by atoms with Crippen LogP contribution in [0.4, 0.5) is 5.69 Å². The summed E-state index contributed by atoms with van der Waals surface area (Å²) >= 11 is 1.75. The number of hydrogen-bond acceptors (Lipinski definition) is 7. The van der Waals surface area contributed by atoms with Gasteiger partial charge in [0.1, 0.15) is 5.69 Å². The van der Waals surface area contributed by atoms with E-state index in [4.69, 9.17) is 9.47 Å².